The molecule has 1 aromatic heterocycles. The number of carbonyl (C=O) groups excluding carboxylic acids is 2. The third-order valence-corrected chi connectivity index (χ3v) is 5.71. The number of piperidine rings is 2. The van der Waals surface area contributed by atoms with Gasteiger partial charge in [-0.3, -0.25) is 14.3 Å². The summed E-state index contributed by atoms with van der Waals surface area (Å²) in [5.74, 6) is 0.363. The molecule has 2 amide bonds. The molecule has 0 unspecified atom stereocenters. The van der Waals surface area contributed by atoms with Crippen molar-refractivity contribution in [3.8, 4) is 0 Å². The highest BCUT2D eigenvalue weighted by molar-refractivity contribution is 5.92. The van der Waals surface area contributed by atoms with Gasteiger partial charge in [-0.1, -0.05) is 13.3 Å². The van der Waals surface area contributed by atoms with Crippen molar-refractivity contribution in [2.45, 2.75) is 58.9 Å². The standard InChI is InChI=1S/C19H30N4O2/c1-3-5-12-21-14-19(10-7-17(21)24)9-6-13-22(15-19)18(25)16-8-11-20-23(16)4-2/h8,11H,3-7,9-10,12-15H2,1-2H3/t19-/m0/s1. The van der Waals surface area contributed by atoms with E-state index < -0.39 is 0 Å². The predicted octanol–water partition coefficient (Wildman–Crippen LogP) is 2.55. The van der Waals surface area contributed by atoms with Crippen molar-refractivity contribution in [2.24, 2.45) is 5.41 Å². The minimum atomic E-state index is 0.0760. The molecule has 0 aliphatic carbocycles. The second kappa shape index (κ2) is 7.58. The van der Waals surface area contributed by atoms with E-state index in [1.807, 2.05) is 22.8 Å². The SMILES string of the molecule is CCCCN1C[C@]2(CCCN(C(=O)c3ccnn3CC)C2)CCC1=O. The summed E-state index contributed by atoms with van der Waals surface area (Å²) >= 11 is 0. The first-order valence-electron chi connectivity index (χ1n) is 9.67. The molecule has 6 heteroatoms. The van der Waals surface area contributed by atoms with Crippen LogP contribution in [0.4, 0.5) is 0 Å². The number of amides is 2. The van der Waals surface area contributed by atoms with E-state index in [9.17, 15) is 9.59 Å². The molecule has 0 N–H and O–H groups in total. The number of hydrogen-bond donors (Lipinski definition) is 0. The third-order valence-electron chi connectivity index (χ3n) is 5.71. The lowest BCUT2D eigenvalue weighted by Crippen LogP contribution is -2.55. The average Bonchev–Trinajstić information content (AvgIpc) is 3.11. The molecule has 138 valence electrons. The summed E-state index contributed by atoms with van der Waals surface area (Å²) in [5.41, 5.74) is 0.751. The van der Waals surface area contributed by atoms with Crippen LogP contribution in [-0.2, 0) is 11.3 Å². The van der Waals surface area contributed by atoms with Crippen LogP contribution in [0.25, 0.3) is 0 Å². The van der Waals surface area contributed by atoms with Gasteiger partial charge in [0, 0.05) is 50.8 Å². The molecule has 1 spiro atoms. The summed E-state index contributed by atoms with van der Waals surface area (Å²) in [6.45, 7) is 8.08. The van der Waals surface area contributed by atoms with Crippen LogP contribution < -0.4 is 0 Å². The molecule has 3 heterocycles. The molecule has 1 aromatic rings. The summed E-state index contributed by atoms with van der Waals surface area (Å²) < 4.78 is 1.77. The van der Waals surface area contributed by atoms with Gasteiger partial charge in [0.2, 0.25) is 5.91 Å². The Labute approximate surface area is 150 Å². The lowest BCUT2D eigenvalue weighted by Gasteiger charge is -2.48. The van der Waals surface area contributed by atoms with E-state index in [0.717, 1.165) is 58.3 Å². The first-order valence-corrected chi connectivity index (χ1v) is 9.67. The maximum atomic E-state index is 13.0. The molecule has 25 heavy (non-hydrogen) atoms. The molecule has 2 saturated heterocycles. The summed E-state index contributed by atoms with van der Waals surface area (Å²) in [5, 5.41) is 4.23. The van der Waals surface area contributed by atoms with Gasteiger partial charge in [0.25, 0.3) is 5.91 Å². The smallest absolute Gasteiger partial charge is 0.272 e. The van der Waals surface area contributed by atoms with Gasteiger partial charge in [0.1, 0.15) is 5.69 Å². The molecule has 2 fully saturated rings. The van der Waals surface area contributed by atoms with Crippen LogP contribution in [0.1, 0.15) is 62.9 Å². The summed E-state index contributed by atoms with van der Waals surface area (Å²) in [4.78, 5) is 29.2. The second-order valence-electron chi connectivity index (χ2n) is 7.53. The number of hydrogen-bond acceptors (Lipinski definition) is 3. The molecular formula is C19H30N4O2. The van der Waals surface area contributed by atoms with Crippen LogP contribution in [0.5, 0.6) is 0 Å². The van der Waals surface area contributed by atoms with E-state index in [1.165, 1.54) is 0 Å². The Morgan fingerprint density at radius 2 is 2.12 bits per heavy atom. The maximum Gasteiger partial charge on any atom is 0.272 e. The highest BCUT2D eigenvalue weighted by atomic mass is 16.2. The fourth-order valence-corrected chi connectivity index (χ4v) is 4.30. The minimum absolute atomic E-state index is 0.0760. The number of aromatic nitrogens is 2. The molecule has 2 aliphatic heterocycles. The third kappa shape index (κ3) is 3.72. The van der Waals surface area contributed by atoms with E-state index in [1.54, 1.807) is 10.9 Å². The molecule has 1 atom stereocenters. The molecule has 0 saturated carbocycles. The summed E-state index contributed by atoms with van der Waals surface area (Å²) in [7, 11) is 0. The Hall–Kier alpha value is -1.85. The molecule has 2 aliphatic rings. The fourth-order valence-electron chi connectivity index (χ4n) is 4.30. The molecule has 3 rings (SSSR count). The Morgan fingerprint density at radius 1 is 1.28 bits per heavy atom. The van der Waals surface area contributed by atoms with Gasteiger partial charge in [-0.2, -0.15) is 5.10 Å². The lowest BCUT2D eigenvalue weighted by molar-refractivity contribution is -0.139. The Morgan fingerprint density at radius 3 is 2.88 bits per heavy atom. The topological polar surface area (TPSA) is 58.4 Å². The van der Waals surface area contributed by atoms with Gasteiger partial charge in [-0.25, -0.2) is 0 Å². The molecule has 0 aromatic carbocycles. The van der Waals surface area contributed by atoms with Crippen molar-refractivity contribution in [1.82, 2.24) is 19.6 Å². The van der Waals surface area contributed by atoms with Crippen molar-refractivity contribution >= 4 is 11.8 Å². The number of likely N-dealkylation sites (tertiary alicyclic amines) is 2. The first-order chi connectivity index (χ1) is 12.1. The van der Waals surface area contributed by atoms with E-state index in [4.69, 9.17) is 0 Å². The Kier molecular flexibility index (Phi) is 5.45. The van der Waals surface area contributed by atoms with E-state index in [0.29, 0.717) is 18.7 Å². The van der Waals surface area contributed by atoms with Crippen molar-refractivity contribution in [3.63, 3.8) is 0 Å². The zero-order chi connectivity index (χ0) is 17.9. The van der Waals surface area contributed by atoms with Gasteiger partial charge in [0.05, 0.1) is 0 Å². The zero-order valence-electron chi connectivity index (χ0n) is 15.5. The monoisotopic (exact) mass is 346 g/mol. The number of nitrogens with zero attached hydrogens (tertiary/aromatic N) is 4. The normalized spacial score (nSPS) is 24.2. The number of carbonyl (C=O) groups is 2. The minimum Gasteiger partial charge on any atom is -0.342 e. The van der Waals surface area contributed by atoms with E-state index in [-0.39, 0.29) is 17.2 Å². The van der Waals surface area contributed by atoms with Crippen LogP contribution in [0.15, 0.2) is 12.3 Å². The summed E-state index contributed by atoms with van der Waals surface area (Å²) in [6, 6.07) is 1.81. The highest BCUT2D eigenvalue weighted by Gasteiger charge is 2.42. The van der Waals surface area contributed by atoms with Gasteiger partial charge in [0.15, 0.2) is 0 Å². The van der Waals surface area contributed by atoms with Crippen molar-refractivity contribution in [1.29, 1.82) is 0 Å². The molecule has 0 bridgehead atoms. The van der Waals surface area contributed by atoms with Gasteiger partial charge in [-0.05, 0) is 38.7 Å². The van der Waals surface area contributed by atoms with Crippen LogP contribution in [0.3, 0.4) is 0 Å². The van der Waals surface area contributed by atoms with Gasteiger partial charge >= 0.3 is 0 Å². The van der Waals surface area contributed by atoms with Crippen LogP contribution in [0.2, 0.25) is 0 Å². The van der Waals surface area contributed by atoms with Crippen LogP contribution in [0, 0.1) is 5.41 Å². The zero-order valence-corrected chi connectivity index (χ0v) is 15.5. The van der Waals surface area contributed by atoms with Crippen LogP contribution >= 0.6 is 0 Å². The quantitative estimate of drug-likeness (QED) is 0.823. The first kappa shape index (κ1) is 18.0. The van der Waals surface area contributed by atoms with Crippen molar-refractivity contribution in [3.05, 3.63) is 18.0 Å². The van der Waals surface area contributed by atoms with Crippen molar-refractivity contribution in [2.75, 3.05) is 26.2 Å². The Balaban J connectivity index is 1.71. The van der Waals surface area contributed by atoms with Crippen LogP contribution in [-0.4, -0.2) is 57.6 Å². The lowest BCUT2D eigenvalue weighted by atomic mass is 9.73. The largest absolute Gasteiger partial charge is 0.342 e. The van der Waals surface area contributed by atoms with Crippen molar-refractivity contribution < 1.29 is 9.59 Å². The average molecular weight is 346 g/mol. The van der Waals surface area contributed by atoms with Gasteiger partial charge < -0.3 is 9.80 Å². The predicted molar refractivity (Wildman–Crippen MR) is 96.2 cm³/mol. The number of unbranched alkanes of at least 4 members (excludes halogenated alkanes) is 1. The highest BCUT2D eigenvalue weighted by Crippen LogP contribution is 2.39. The molecule has 0 radical (unpaired) electrons. The number of rotatable bonds is 5. The fraction of sp³-hybridized carbons (Fsp3) is 0.737. The maximum absolute atomic E-state index is 13.0. The second-order valence-corrected chi connectivity index (χ2v) is 7.53. The van der Waals surface area contributed by atoms with Gasteiger partial charge in [-0.15, -0.1) is 0 Å². The number of aryl methyl sites for hydroxylation is 1. The summed E-state index contributed by atoms with van der Waals surface area (Å²) in [6.07, 6.45) is 7.51. The Bertz CT molecular complexity index is 627. The van der Waals surface area contributed by atoms with E-state index >= 15 is 0 Å². The molecular weight excluding hydrogens is 316 g/mol. The van der Waals surface area contributed by atoms with E-state index in [2.05, 4.69) is 12.0 Å². The molecule has 6 nitrogen and oxygen atoms in total.